The van der Waals surface area contributed by atoms with E-state index in [9.17, 15) is 21.6 Å². The first-order valence-electron chi connectivity index (χ1n) is 4.25. The Hall–Kier alpha value is -1.28. The maximum absolute atomic E-state index is 12.4. The fourth-order valence-electron chi connectivity index (χ4n) is 1.37. The van der Waals surface area contributed by atoms with E-state index < -0.39 is 21.8 Å². The molecule has 88 valence electrons. The number of anilines is 1. The largest absolute Gasteiger partial charge is 0.416 e. The fraction of sp³-hybridized carbons (Fsp3) is 0.250. The number of benzene rings is 1. The van der Waals surface area contributed by atoms with E-state index in [0.29, 0.717) is 6.07 Å². The molecule has 1 heterocycles. The number of fused-ring (bicyclic) bond motifs is 1. The van der Waals surface area contributed by atoms with Crippen LogP contribution in [0.15, 0.2) is 23.1 Å². The smallest absolute Gasteiger partial charge is 0.370 e. The van der Waals surface area contributed by atoms with Crippen LogP contribution in [-0.4, -0.2) is 15.1 Å². The van der Waals surface area contributed by atoms with Crippen LogP contribution >= 0.6 is 0 Å². The summed E-state index contributed by atoms with van der Waals surface area (Å²) in [5, 5.41) is 2.64. The van der Waals surface area contributed by atoms with Crippen LogP contribution in [0.3, 0.4) is 0 Å². The zero-order valence-corrected chi connectivity index (χ0v) is 8.61. The van der Waals surface area contributed by atoms with Crippen molar-refractivity contribution in [3.8, 4) is 0 Å². The molecule has 0 aromatic heterocycles. The van der Waals surface area contributed by atoms with Gasteiger partial charge in [-0.2, -0.15) is 17.9 Å². The van der Waals surface area contributed by atoms with Crippen molar-refractivity contribution in [2.75, 3.05) is 12.0 Å². The van der Waals surface area contributed by atoms with Gasteiger partial charge in [0, 0.05) is 0 Å². The van der Waals surface area contributed by atoms with Crippen LogP contribution in [0.4, 0.5) is 18.9 Å². The molecule has 0 unspecified atom stereocenters. The van der Waals surface area contributed by atoms with Crippen LogP contribution in [0.1, 0.15) is 5.56 Å². The summed E-state index contributed by atoms with van der Waals surface area (Å²) in [5.74, 6) is 0. The fourth-order valence-corrected chi connectivity index (χ4v) is 2.50. The van der Waals surface area contributed by atoms with Crippen molar-refractivity contribution >= 4 is 15.7 Å². The van der Waals surface area contributed by atoms with Crippen molar-refractivity contribution in [1.82, 2.24) is 4.72 Å². The number of alkyl halides is 3. The van der Waals surface area contributed by atoms with E-state index in [2.05, 4.69) is 10.0 Å². The Morgan fingerprint density at radius 2 is 1.94 bits per heavy atom. The normalized spacial score (nSPS) is 18.7. The van der Waals surface area contributed by atoms with Gasteiger partial charge in [0.25, 0.3) is 0 Å². The Labute approximate surface area is 89.5 Å². The molecular formula is C8H7F3N2O2S. The molecule has 2 N–H and O–H groups in total. The molecule has 16 heavy (non-hydrogen) atoms. The summed E-state index contributed by atoms with van der Waals surface area (Å²) in [6.07, 6.45) is -4.55. The van der Waals surface area contributed by atoms with Crippen molar-refractivity contribution in [2.45, 2.75) is 11.1 Å². The first kappa shape index (κ1) is 11.2. The van der Waals surface area contributed by atoms with Crippen molar-refractivity contribution in [3.63, 3.8) is 0 Å². The van der Waals surface area contributed by atoms with Gasteiger partial charge in [-0.25, -0.2) is 8.42 Å². The first-order valence-corrected chi connectivity index (χ1v) is 5.74. The zero-order valence-electron chi connectivity index (χ0n) is 7.80. The van der Waals surface area contributed by atoms with Crippen LogP contribution < -0.4 is 10.0 Å². The van der Waals surface area contributed by atoms with Crippen LogP contribution in [0, 0.1) is 0 Å². The zero-order chi connectivity index (χ0) is 12.0. The predicted molar refractivity (Wildman–Crippen MR) is 50.3 cm³/mol. The second kappa shape index (κ2) is 3.36. The highest BCUT2D eigenvalue weighted by Crippen LogP contribution is 2.34. The molecule has 1 aliphatic rings. The minimum absolute atomic E-state index is 0.0271. The molecule has 0 radical (unpaired) electrons. The van der Waals surface area contributed by atoms with Crippen LogP contribution in [0.2, 0.25) is 0 Å². The summed E-state index contributed by atoms with van der Waals surface area (Å²) in [7, 11) is -3.84. The summed E-state index contributed by atoms with van der Waals surface area (Å²) in [6, 6.07) is 2.56. The molecule has 1 aromatic carbocycles. The lowest BCUT2D eigenvalue weighted by Crippen LogP contribution is -2.34. The average Bonchev–Trinajstić information content (AvgIpc) is 2.15. The van der Waals surface area contributed by atoms with Crippen molar-refractivity contribution in [1.29, 1.82) is 0 Å². The van der Waals surface area contributed by atoms with Crippen molar-refractivity contribution in [2.24, 2.45) is 0 Å². The number of rotatable bonds is 0. The molecule has 0 fully saturated rings. The quantitative estimate of drug-likeness (QED) is 0.733. The first-order chi connectivity index (χ1) is 7.31. The molecule has 1 aromatic rings. The maximum atomic E-state index is 12.4. The Morgan fingerprint density at radius 3 is 2.56 bits per heavy atom. The number of halogens is 3. The molecule has 0 spiro atoms. The van der Waals surface area contributed by atoms with Gasteiger partial charge in [-0.3, -0.25) is 0 Å². The predicted octanol–water partition coefficient (Wildman–Crippen LogP) is 1.37. The molecule has 1 aliphatic heterocycles. The Bertz CT molecular complexity index is 525. The summed E-state index contributed by atoms with van der Waals surface area (Å²) >= 11 is 0. The van der Waals surface area contributed by atoms with Gasteiger partial charge in [0.15, 0.2) is 0 Å². The third kappa shape index (κ3) is 1.85. The molecule has 2 rings (SSSR count). The Morgan fingerprint density at radius 1 is 1.25 bits per heavy atom. The van der Waals surface area contributed by atoms with Gasteiger partial charge in [0.05, 0.1) is 17.9 Å². The monoisotopic (exact) mass is 252 g/mol. The molecule has 0 aliphatic carbocycles. The topological polar surface area (TPSA) is 58.2 Å². The van der Waals surface area contributed by atoms with E-state index in [4.69, 9.17) is 0 Å². The van der Waals surface area contributed by atoms with Gasteiger partial charge in [0.1, 0.15) is 4.90 Å². The van der Waals surface area contributed by atoms with E-state index >= 15 is 0 Å². The number of hydrogen-bond acceptors (Lipinski definition) is 3. The van der Waals surface area contributed by atoms with Gasteiger partial charge in [-0.05, 0) is 18.2 Å². The van der Waals surface area contributed by atoms with Crippen LogP contribution in [0.5, 0.6) is 0 Å². The molecule has 0 bridgehead atoms. The summed E-state index contributed by atoms with van der Waals surface area (Å²) < 4.78 is 62.1. The van der Waals surface area contributed by atoms with E-state index in [-0.39, 0.29) is 17.3 Å². The van der Waals surface area contributed by atoms with Crippen molar-refractivity contribution in [3.05, 3.63) is 23.8 Å². The molecule has 0 amide bonds. The van der Waals surface area contributed by atoms with Gasteiger partial charge in [-0.1, -0.05) is 0 Å². The SMILES string of the molecule is O=S1(=O)NCNc2ccc(C(F)(F)F)cc21. The standard InChI is InChI=1S/C8H7F3N2O2S/c9-8(10,11)5-1-2-6-7(3-5)16(14,15)13-4-12-6/h1-3,12-13H,4H2. The molecule has 0 atom stereocenters. The van der Waals surface area contributed by atoms with Crippen LogP contribution in [-0.2, 0) is 16.2 Å². The minimum Gasteiger partial charge on any atom is -0.370 e. The minimum atomic E-state index is -4.55. The second-order valence-electron chi connectivity index (χ2n) is 3.21. The number of sulfonamides is 1. The highest BCUT2D eigenvalue weighted by molar-refractivity contribution is 7.89. The number of nitrogens with one attached hydrogen (secondary N) is 2. The van der Waals surface area contributed by atoms with E-state index in [1.54, 1.807) is 0 Å². The maximum Gasteiger partial charge on any atom is 0.416 e. The summed E-state index contributed by atoms with van der Waals surface area (Å²) in [6.45, 7) is -0.0271. The third-order valence-corrected chi connectivity index (χ3v) is 3.58. The van der Waals surface area contributed by atoms with Gasteiger partial charge < -0.3 is 5.32 Å². The average molecular weight is 252 g/mol. The highest BCUT2D eigenvalue weighted by atomic mass is 32.2. The molecule has 0 saturated heterocycles. The molecule has 4 nitrogen and oxygen atoms in total. The Kier molecular flexibility index (Phi) is 2.35. The van der Waals surface area contributed by atoms with Crippen molar-refractivity contribution < 1.29 is 21.6 Å². The van der Waals surface area contributed by atoms with Gasteiger partial charge in [-0.15, -0.1) is 0 Å². The summed E-state index contributed by atoms with van der Waals surface area (Å²) in [4.78, 5) is -0.381. The lowest BCUT2D eigenvalue weighted by atomic mass is 10.2. The third-order valence-electron chi connectivity index (χ3n) is 2.14. The van der Waals surface area contributed by atoms with E-state index in [1.807, 2.05) is 0 Å². The lowest BCUT2D eigenvalue weighted by molar-refractivity contribution is -0.137. The van der Waals surface area contributed by atoms with Gasteiger partial charge >= 0.3 is 6.18 Å². The van der Waals surface area contributed by atoms with E-state index in [0.717, 1.165) is 12.1 Å². The number of hydrogen-bond donors (Lipinski definition) is 2. The molecular weight excluding hydrogens is 245 g/mol. The van der Waals surface area contributed by atoms with Crippen LogP contribution in [0.25, 0.3) is 0 Å². The van der Waals surface area contributed by atoms with E-state index in [1.165, 1.54) is 0 Å². The second-order valence-corrected chi connectivity index (χ2v) is 4.95. The Balaban J connectivity index is 2.61. The molecule has 8 heteroatoms. The highest BCUT2D eigenvalue weighted by Gasteiger charge is 2.33. The molecule has 0 saturated carbocycles. The lowest BCUT2D eigenvalue weighted by Gasteiger charge is -2.20. The summed E-state index contributed by atoms with van der Waals surface area (Å²) in [5.41, 5.74) is -0.813. The van der Waals surface area contributed by atoms with Gasteiger partial charge in [0.2, 0.25) is 10.0 Å².